The van der Waals surface area contributed by atoms with Crippen molar-refractivity contribution in [1.82, 2.24) is 5.32 Å². The number of carboxylic acids is 1. The summed E-state index contributed by atoms with van der Waals surface area (Å²) in [5, 5.41) is 12.2. The van der Waals surface area contributed by atoms with E-state index in [-0.39, 0.29) is 12.5 Å². The highest BCUT2D eigenvalue weighted by molar-refractivity contribution is 5.96. The van der Waals surface area contributed by atoms with E-state index in [1.54, 1.807) is 19.2 Å². The summed E-state index contributed by atoms with van der Waals surface area (Å²) in [6.45, 7) is 0.538. The van der Waals surface area contributed by atoms with E-state index < -0.39 is 11.4 Å². The Hall–Kier alpha value is -1.88. The second kappa shape index (κ2) is 6.72. The van der Waals surface area contributed by atoms with Crippen molar-refractivity contribution in [2.45, 2.75) is 32.3 Å². The standard InChI is InChI=1S/C16H21NO4/c1-21-10-12-6-2-3-7-13(12)14(18)17-11-16(15(19)20)8-4-5-9-16/h2-3,6-7H,4-5,8-11H2,1H3,(H,17,18)(H,19,20). The molecule has 0 radical (unpaired) electrons. The number of carbonyl (C=O) groups excluding carboxylic acids is 1. The minimum absolute atomic E-state index is 0.183. The van der Waals surface area contributed by atoms with Gasteiger partial charge >= 0.3 is 5.97 Å². The van der Waals surface area contributed by atoms with Crippen molar-refractivity contribution >= 4 is 11.9 Å². The summed E-state index contributed by atoms with van der Waals surface area (Å²) in [7, 11) is 1.58. The molecular formula is C16H21NO4. The second-order valence-corrected chi connectivity index (χ2v) is 5.57. The van der Waals surface area contributed by atoms with Crippen molar-refractivity contribution in [2.75, 3.05) is 13.7 Å². The van der Waals surface area contributed by atoms with Crippen LogP contribution in [-0.2, 0) is 16.1 Å². The van der Waals surface area contributed by atoms with Crippen LogP contribution in [0.1, 0.15) is 41.6 Å². The zero-order chi connectivity index (χ0) is 15.3. The molecule has 1 saturated carbocycles. The third-order valence-electron chi connectivity index (χ3n) is 4.16. The molecule has 1 aromatic rings. The zero-order valence-electron chi connectivity index (χ0n) is 12.2. The minimum atomic E-state index is -0.814. The number of aliphatic carboxylic acids is 1. The van der Waals surface area contributed by atoms with Gasteiger partial charge in [-0.1, -0.05) is 31.0 Å². The van der Waals surface area contributed by atoms with Crippen LogP contribution >= 0.6 is 0 Å². The van der Waals surface area contributed by atoms with E-state index in [2.05, 4.69) is 5.32 Å². The summed E-state index contributed by atoms with van der Waals surface area (Å²) in [5.41, 5.74) is 0.539. The molecule has 0 heterocycles. The number of carboxylic acid groups (broad SMARTS) is 1. The maximum Gasteiger partial charge on any atom is 0.311 e. The molecule has 0 aliphatic heterocycles. The van der Waals surface area contributed by atoms with Gasteiger partial charge in [-0.15, -0.1) is 0 Å². The molecule has 1 amide bonds. The molecule has 1 aliphatic rings. The zero-order valence-corrected chi connectivity index (χ0v) is 12.2. The summed E-state index contributed by atoms with van der Waals surface area (Å²) in [4.78, 5) is 23.8. The normalized spacial score (nSPS) is 16.6. The van der Waals surface area contributed by atoms with Gasteiger partial charge in [-0.05, 0) is 24.5 Å². The van der Waals surface area contributed by atoms with Crippen LogP contribution in [0, 0.1) is 5.41 Å². The van der Waals surface area contributed by atoms with Crippen LogP contribution in [0.4, 0.5) is 0 Å². The molecule has 0 saturated heterocycles. The molecule has 0 unspecified atom stereocenters. The number of ether oxygens (including phenoxy) is 1. The molecule has 1 aromatic carbocycles. The van der Waals surface area contributed by atoms with Gasteiger partial charge in [0.15, 0.2) is 0 Å². The number of carbonyl (C=O) groups is 2. The highest BCUT2D eigenvalue weighted by Crippen LogP contribution is 2.37. The van der Waals surface area contributed by atoms with E-state index in [9.17, 15) is 14.7 Å². The molecule has 2 rings (SSSR count). The van der Waals surface area contributed by atoms with Crippen LogP contribution < -0.4 is 5.32 Å². The summed E-state index contributed by atoms with van der Waals surface area (Å²) in [5.74, 6) is -1.05. The molecule has 0 bridgehead atoms. The van der Waals surface area contributed by atoms with Gasteiger partial charge in [0.2, 0.25) is 0 Å². The first-order chi connectivity index (χ1) is 10.1. The lowest BCUT2D eigenvalue weighted by Crippen LogP contribution is -2.41. The van der Waals surface area contributed by atoms with Crippen LogP contribution in [0.2, 0.25) is 0 Å². The first-order valence-corrected chi connectivity index (χ1v) is 7.17. The lowest BCUT2D eigenvalue weighted by Gasteiger charge is -2.24. The molecular weight excluding hydrogens is 270 g/mol. The van der Waals surface area contributed by atoms with Crippen molar-refractivity contribution in [1.29, 1.82) is 0 Å². The molecule has 0 atom stereocenters. The van der Waals surface area contributed by atoms with Gasteiger partial charge in [0.05, 0.1) is 12.0 Å². The smallest absolute Gasteiger partial charge is 0.311 e. The van der Waals surface area contributed by atoms with Gasteiger partial charge in [0, 0.05) is 19.2 Å². The summed E-state index contributed by atoms with van der Waals surface area (Å²) < 4.78 is 5.08. The van der Waals surface area contributed by atoms with Crippen molar-refractivity contribution in [3.63, 3.8) is 0 Å². The fourth-order valence-electron chi connectivity index (χ4n) is 2.89. The Bertz CT molecular complexity index is 521. The van der Waals surface area contributed by atoms with Gasteiger partial charge in [-0.25, -0.2) is 0 Å². The van der Waals surface area contributed by atoms with E-state index in [4.69, 9.17) is 4.74 Å². The number of amides is 1. The minimum Gasteiger partial charge on any atom is -0.481 e. The Labute approximate surface area is 124 Å². The lowest BCUT2D eigenvalue weighted by molar-refractivity contribution is -0.148. The summed E-state index contributed by atoms with van der Waals surface area (Å²) in [6, 6.07) is 7.20. The highest BCUT2D eigenvalue weighted by atomic mass is 16.5. The molecule has 5 heteroatoms. The average molecular weight is 291 g/mol. The van der Waals surface area contributed by atoms with E-state index >= 15 is 0 Å². The lowest BCUT2D eigenvalue weighted by atomic mass is 9.86. The van der Waals surface area contributed by atoms with Crippen molar-refractivity contribution in [3.8, 4) is 0 Å². The Kier molecular flexibility index (Phi) is 4.96. The van der Waals surface area contributed by atoms with Crippen LogP contribution in [0.15, 0.2) is 24.3 Å². The molecule has 21 heavy (non-hydrogen) atoms. The summed E-state index contributed by atoms with van der Waals surface area (Å²) in [6.07, 6.45) is 3.07. The predicted octanol–water partition coefficient (Wildman–Crippen LogP) is 2.21. The quantitative estimate of drug-likeness (QED) is 0.842. The summed E-state index contributed by atoms with van der Waals surface area (Å²) >= 11 is 0. The molecule has 1 aliphatic carbocycles. The average Bonchev–Trinajstić information content (AvgIpc) is 2.96. The predicted molar refractivity (Wildman–Crippen MR) is 78.0 cm³/mol. The Balaban J connectivity index is 2.06. The first kappa shape index (κ1) is 15.5. The van der Waals surface area contributed by atoms with Gasteiger partial charge in [0.25, 0.3) is 5.91 Å². The maximum atomic E-state index is 12.3. The van der Waals surface area contributed by atoms with E-state index in [1.165, 1.54) is 0 Å². The van der Waals surface area contributed by atoms with Crippen LogP contribution in [0.3, 0.4) is 0 Å². The fourth-order valence-corrected chi connectivity index (χ4v) is 2.89. The monoisotopic (exact) mass is 291 g/mol. The Morgan fingerprint density at radius 3 is 2.57 bits per heavy atom. The van der Waals surface area contributed by atoms with Crippen molar-refractivity contribution in [2.24, 2.45) is 5.41 Å². The van der Waals surface area contributed by atoms with Crippen molar-refractivity contribution < 1.29 is 19.4 Å². The Morgan fingerprint density at radius 1 is 1.29 bits per heavy atom. The molecule has 114 valence electrons. The number of benzene rings is 1. The fraction of sp³-hybridized carbons (Fsp3) is 0.500. The molecule has 0 spiro atoms. The van der Waals surface area contributed by atoms with E-state index in [1.807, 2.05) is 12.1 Å². The third kappa shape index (κ3) is 3.42. The number of hydrogen-bond acceptors (Lipinski definition) is 3. The number of hydrogen-bond donors (Lipinski definition) is 2. The number of methoxy groups -OCH3 is 1. The third-order valence-corrected chi connectivity index (χ3v) is 4.16. The first-order valence-electron chi connectivity index (χ1n) is 7.17. The second-order valence-electron chi connectivity index (χ2n) is 5.57. The van der Waals surface area contributed by atoms with E-state index in [0.29, 0.717) is 25.0 Å². The Morgan fingerprint density at radius 2 is 1.95 bits per heavy atom. The maximum absolute atomic E-state index is 12.3. The molecule has 5 nitrogen and oxygen atoms in total. The highest BCUT2D eigenvalue weighted by Gasteiger charge is 2.41. The molecule has 2 N–H and O–H groups in total. The van der Waals surface area contributed by atoms with Crippen LogP contribution in [-0.4, -0.2) is 30.6 Å². The molecule has 1 fully saturated rings. The van der Waals surface area contributed by atoms with Gasteiger partial charge in [-0.2, -0.15) is 0 Å². The number of nitrogens with one attached hydrogen (secondary N) is 1. The number of rotatable bonds is 6. The largest absolute Gasteiger partial charge is 0.481 e. The van der Waals surface area contributed by atoms with Gasteiger partial charge in [0.1, 0.15) is 0 Å². The molecule has 0 aromatic heterocycles. The van der Waals surface area contributed by atoms with E-state index in [0.717, 1.165) is 18.4 Å². The van der Waals surface area contributed by atoms with Gasteiger partial charge in [-0.3, -0.25) is 9.59 Å². The van der Waals surface area contributed by atoms with Crippen LogP contribution in [0.25, 0.3) is 0 Å². The van der Waals surface area contributed by atoms with Crippen molar-refractivity contribution in [3.05, 3.63) is 35.4 Å². The topological polar surface area (TPSA) is 75.6 Å². The van der Waals surface area contributed by atoms with Crippen LogP contribution in [0.5, 0.6) is 0 Å². The van der Waals surface area contributed by atoms with Gasteiger partial charge < -0.3 is 15.2 Å². The SMILES string of the molecule is COCc1ccccc1C(=O)NCC1(C(=O)O)CCCC1.